The van der Waals surface area contributed by atoms with Crippen LogP contribution in [0.1, 0.15) is 25.7 Å². The van der Waals surface area contributed by atoms with Gasteiger partial charge in [0.05, 0.1) is 5.69 Å². The van der Waals surface area contributed by atoms with Crippen LogP contribution in [0.2, 0.25) is 5.15 Å². The van der Waals surface area contributed by atoms with Crippen molar-refractivity contribution < 1.29 is 4.79 Å². The summed E-state index contributed by atoms with van der Waals surface area (Å²) in [5.41, 5.74) is 0.517. The average molecular weight is 316 g/mol. The first-order valence-corrected chi connectivity index (χ1v) is 6.35. The van der Waals surface area contributed by atoms with Gasteiger partial charge in [0.1, 0.15) is 0 Å². The van der Waals surface area contributed by atoms with Crippen LogP contribution in [0.15, 0.2) is 16.7 Å². The van der Waals surface area contributed by atoms with Gasteiger partial charge in [-0.1, -0.05) is 11.6 Å². The molecule has 1 amide bonds. The second-order valence-electron chi connectivity index (χ2n) is 3.45. The number of halogens is 2. The van der Waals surface area contributed by atoms with Crippen LogP contribution >= 0.6 is 27.5 Å². The van der Waals surface area contributed by atoms with E-state index in [-0.39, 0.29) is 11.1 Å². The quantitative estimate of drug-likeness (QED) is 0.512. The minimum atomic E-state index is -0.0798. The van der Waals surface area contributed by atoms with Gasteiger partial charge in [-0.05, 0) is 34.8 Å². The Morgan fingerprint density at radius 1 is 1.59 bits per heavy atom. The van der Waals surface area contributed by atoms with Crippen LogP contribution in [0.3, 0.4) is 0 Å². The van der Waals surface area contributed by atoms with Crippen molar-refractivity contribution in [3.63, 3.8) is 0 Å². The number of hydrogen-bond donors (Lipinski definition) is 1. The highest BCUT2D eigenvalue weighted by atomic mass is 79.9. The molecule has 1 N–H and O–H groups in total. The first-order chi connectivity index (χ1) is 8.13. The molecule has 1 heterocycles. The molecule has 0 aliphatic carbocycles. The molecule has 1 rings (SSSR count). The van der Waals surface area contributed by atoms with Gasteiger partial charge in [-0.25, -0.2) is 4.98 Å². The van der Waals surface area contributed by atoms with Gasteiger partial charge in [0.2, 0.25) is 5.91 Å². The normalized spacial score (nSPS) is 9.71. The number of anilines is 1. The Morgan fingerprint density at radius 3 is 3.06 bits per heavy atom. The third kappa shape index (κ3) is 5.20. The summed E-state index contributed by atoms with van der Waals surface area (Å²) in [6.45, 7) is 0. The summed E-state index contributed by atoms with van der Waals surface area (Å²) in [6.07, 6.45) is 9.46. The summed E-state index contributed by atoms with van der Waals surface area (Å²) in [4.78, 5) is 15.5. The van der Waals surface area contributed by atoms with E-state index in [2.05, 4.69) is 32.2 Å². The number of terminal acetylenes is 1. The molecule has 0 aliphatic heterocycles. The fourth-order valence-corrected chi connectivity index (χ4v) is 1.72. The molecule has 0 aromatic carbocycles. The number of rotatable bonds is 5. The van der Waals surface area contributed by atoms with E-state index in [0.717, 1.165) is 17.3 Å². The van der Waals surface area contributed by atoms with Crippen molar-refractivity contribution in [2.45, 2.75) is 25.7 Å². The standard InChI is InChI=1S/C12H12BrClN2O/c1-2-3-4-5-6-11(17)16-10-7-9(13)8-15-12(10)14/h1,7-8H,3-6H2,(H,16,17). The molecule has 0 unspecified atom stereocenters. The highest BCUT2D eigenvalue weighted by Gasteiger charge is 2.07. The SMILES string of the molecule is C#CCCCCC(=O)Nc1cc(Br)cnc1Cl. The topological polar surface area (TPSA) is 42.0 Å². The number of carbonyl (C=O) groups excluding carboxylic acids is 1. The van der Waals surface area contributed by atoms with E-state index < -0.39 is 0 Å². The minimum absolute atomic E-state index is 0.0798. The molecule has 0 spiro atoms. The van der Waals surface area contributed by atoms with E-state index in [0.29, 0.717) is 18.5 Å². The second-order valence-corrected chi connectivity index (χ2v) is 4.73. The largest absolute Gasteiger partial charge is 0.323 e. The van der Waals surface area contributed by atoms with E-state index in [4.69, 9.17) is 18.0 Å². The highest BCUT2D eigenvalue weighted by Crippen LogP contribution is 2.23. The zero-order valence-electron chi connectivity index (χ0n) is 9.17. The van der Waals surface area contributed by atoms with Gasteiger partial charge in [-0.2, -0.15) is 0 Å². The first-order valence-electron chi connectivity index (χ1n) is 5.18. The Bertz CT molecular complexity index is 443. The Kier molecular flexibility index (Phi) is 6.03. The van der Waals surface area contributed by atoms with Gasteiger partial charge in [0, 0.05) is 23.5 Å². The van der Waals surface area contributed by atoms with Crippen LogP contribution in [0.25, 0.3) is 0 Å². The first kappa shape index (κ1) is 14.0. The van der Waals surface area contributed by atoms with Crippen molar-refractivity contribution in [2.75, 3.05) is 5.32 Å². The van der Waals surface area contributed by atoms with Gasteiger partial charge in [0.15, 0.2) is 5.15 Å². The number of carbonyl (C=O) groups is 1. The monoisotopic (exact) mass is 314 g/mol. The number of nitrogens with one attached hydrogen (secondary N) is 1. The lowest BCUT2D eigenvalue weighted by molar-refractivity contribution is -0.116. The molecular formula is C12H12BrClN2O. The van der Waals surface area contributed by atoms with E-state index in [1.54, 1.807) is 12.3 Å². The molecule has 3 nitrogen and oxygen atoms in total. The summed E-state index contributed by atoms with van der Waals surface area (Å²) in [5.74, 6) is 2.46. The van der Waals surface area contributed by atoms with Crippen LogP contribution in [0.4, 0.5) is 5.69 Å². The zero-order valence-corrected chi connectivity index (χ0v) is 11.5. The van der Waals surface area contributed by atoms with Gasteiger partial charge in [-0.3, -0.25) is 4.79 Å². The summed E-state index contributed by atoms with van der Waals surface area (Å²) in [5, 5.41) is 3.00. The number of nitrogens with zero attached hydrogens (tertiary/aromatic N) is 1. The summed E-state index contributed by atoms with van der Waals surface area (Å²) >= 11 is 9.12. The van der Waals surface area contributed by atoms with Crippen molar-refractivity contribution >= 4 is 39.1 Å². The van der Waals surface area contributed by atoms with E-state index >= 15 is 0 Å². The maximum absolute atomic E-state index is 11.6. The molecule has 90 valence electrons. The maximum atomic E-state index is 11.6. The average Bonchev–Trinajstić information content (AvgIpc) is 2.29. The molecule has 0 saturated heterocycles. The number of unbranched alkanes of at least 4 members (excludes halogenated alkanes) is 2. The Balaban J connectivity index is 2.45. The van der Waals surface area contributed by atoms with Gasteiger partial charge in [-0.15, -0.1) is 12.3 Å². The zero-order chi connectivity index (χ0) is 12.7. The van der Waals surface area contributed by atoms with Crippen LogP contribution in [-0.4, -0.2) is 10.9 Å². The van der Waals surface area contributed by atoms with Crippen molar-refractivity contribution in [2.24, 2.45) is 0 Å². The predicted octanol–water partition coefficient (Wildman–Crippen LogP) is 3.63. The van der Waals surface area contributed by atoms with Crippen LogP contribution in [0.5, 0.6) is 0 Å². The molecule has 1 aromatic rings. The van der Waals surface area contributed by atoms with E-state index in [1.165, 1.54) is 0 Å². The lowest BCUT2D eigenvalue weighted by atomic mass is 10.2. The number of hydrogen-bond acceptors (Lipinski definition) is 2. The molecule has 0 aliphatic rings. The second kappa shape index (κ2) is 7.31. The molecular weight excluding hydrogens is 304 g/mol. The van der Waals surface area contributed by atoms with Crippen LogP contribution in [0, 0.1) is 12.3 Å². The predicted molar refractivity (Wildman–Crippen MR) is 72.9 cm³/mol. The Morgan fingerprint density at radius 2 is 2.35 bits per heavy atom. The molecule has 1 aromatic heterocycles. The third-order valence-corrected chi connectivity index (χ3v) is 2.79. The fourth-order valence-electron chi connectivity index (χ4n) is 1.24. The van der Waals surface area contributed by atoms with Crippen molar-refractivity contribution in [1.82, 2.24) is 4.98 Å². The maximum Gasteiger partial charge on any atom is 0.224 e. The van der Waals surface area contributed by atoms with Gasteiger partial charge in [0.25, 0.3) is 0 Å². The summed E-state index contributed by atoms with van der Waals surface area (Å²) in [6, 6.07) is 1.72. The Labute approximate surface area is 114 Å². The molecule has 5 heteroatoms. The molecule has 0 atom stereocenters. The lowest BCUT2D eigenvalue weighted by Gasteiger charge is -2.06. The highest BCUT2D eigenvalue weighted by molar-refractivity contribution is 9.10. The number of pyridine rings is 1. The molecule has 0 radical (unpaired) electrons. The molecule has 17 heavy (non-hydrogen) atoms. The number of amides is 1. The summed E-state index contributed by atoms with van der Waals surface area (Å²) < 4.78 is 0.768. The van der Waals surface area contributed by atoms with Crippen molar-refractivity contribution in [3.05, 3.63) is 21.9 Å². The van der Waals surface area contributed by atoms with Crippen LogP contribution < -0.4 is 5.32 Å². The molecule has 0 fully saturated rings. The fraction of sp³-hybridized carbons (Fsp3) is 0.333. The van der Waals surface area contributed by atoms with Gasteiger partial charge < -0.3 is 5.32 Å². The number of aromatic nitrogens is 1. The third-order valence-electron chi connectivity index (χ3n) is 2.05. The lowest BCUT2D eigenvalue weighted by Crippen LogP contribution is -2.11. The smallest absolute Gasteiger partial charge is 0.224 e. The van der Waals surface area contributed by atoms with Crippen LogP contribution in [-0.2, 0) is 4.79 Å². The van der Waals surface area contributed by atoms with Crippen molar-refractivity contribution in [3.8, 4) is 12.3 Å². The minimum Gasteiger partial charge on any atom is -0.323 e. The van der Waals surface area contributed by atoms with Gasteiger partial charge >= 0.3 is 0 Å². The molecule has 0 saturated carbocycles. The van der Waals surface area contributed by atoms with E-state index in [9.17, 15) is 4.79 Å². The van der Waals surface area contributed by atoms with Crippen molar-refractivity contribution in [1.29, 1.82) is 0 Å². The Hall–Kier alpha value is -1.05. The van der Waals surface area contributed by atoms with E-state index in [1.807, 2.05) is 0 Å². The molecule has 0 bridgehead atoms. The summed E-state index contributed by atoms with van der Waals surface area (Å²) in [7, 11) is 0.